The lowest BCUT2D eigenvalue weighted by molar-refractivity contribution is 0.508. The molecule has 1 fully saturated rings. The average Bonchev–Trinajstić information content (AvgIpc) is 2.97. The molecule has 21 heavy (non-hydrogen) atoms. The van der Waals surface area contributed by atoms with Gasteiger partial charge in [0, 0.05) is 23.7 Å². The van der Waals surface area contributed by atoms with E-state index < -0.39 is 0 Å². The van der Waals surface area contributed by atoms with Gasteiger partial charge in [-0.15, -0.1) is 7.77 Å². The average molecular weight is 328 g/mol. The minimum Gasteiger partial charge on any atom is -0.233 e. The van der Waals surface area contributed by atoms with Crippen LogP contribution in [0.2, 0.25) is 0 Å². The maximum absolute atomic E-state index is 12.9. The van der Waals surface area contributed by atoms with Crippen molar-refractivity contribution in [2.75, 3.05) is 3.71 Å². The maximum Gasteiger partial charge on any atom is 0.179 e. The van der Waals surface area contributed by atoms with E-state index >= 15 is 0 Å². The van der Waals surface area contributed by atoms with Crippen molar-refractivity contribution >= 4 is 36.1 Å². The lowest BCUT2D eigenvalue weighted by Crippen LogP contribution is -2.12. The molecule has 0 bridgehead atoms. The Bertz CT molecular complexity index is 647. The van der Waals surface area contributed by atoms with E-state index in [1.807, 2.05) is 0 Å². The molecule has 0 radical (unpaired) electrons. The highest BCUT2D eigenvalue weighted by molar-refractivity contribution is 8.13. The van der Waals surface area contributed by atoms with Crippen molar-refractivity contribution < 1.29 is 7.77 Å². The molecule has 2 heterocycles. The summed E-state index contributed by atoms with van der Waals surface area (Å²) in [4.78, 5) is 4.58. The highest BCUT2D eigenvalue weighted by Crippen LogP contribution is 2.37. The summed E-state index contributed by atoms with van der Waals surface area (Å²) >= 11 is -0.369. The van der Waals surface area contributed by atoms with Gasteiger partial charge in [-0.2, -0.15) is 13.3 Å². The summed E-state index contributed by atoms with van der Waals surface area (Å²) < 4.78 is 28.1. The molecule has 0 atom stereocenters. The molecule has 1 saturated carbocycles. The Morgan fingerprint density at radius 1 is 1.29 bits per heavy atom. The molecule has 3 rings (SSSR count). The van der Waals surface area contributed by atoms with Crippen molar-refractivity contribution in [3.8, 4) is 0 Å². The zero-order valence-corrected chi connectivity index (χ0v) is 12.8. The summed E-state index contributed by atoms with van der Waals surface area (Å²) in [6.07, 6.45) is 5.47. The van der Waals surface area contributed by atoms with E-state index in [1.165, 1.54) is 10.1 Å². The van der Waals surface area contributed by atoms with Gasteiger partial charge >= 0.3 is 0 Å². The van der Waals surface area contributed by atoms with E-state index in [4.69, 9.17) is 0 Å². The summed E-state index contributed by atoms with van der Waals surface area (Å²) in [7, 11) is 0. The van der Waals surface area contributed by atoms with Gasteiger partial charge in [0.1, 0.15) is 0 Å². The predicted octanol–water partition coefficient (Wildman–Crippen LogP) is 4.81. The molecule has 112 valence electrons. The maximum atomic E-state index is 12.9. The zero-order valence-electron chi connectivity index (χ0n) is 11.2. The first kappa shape index (κ1) is 14.6. The molecule has 8 heteroatoms. The number of fused-ring (bicyclic) bond motifs is 1. The molecular weight excluding hydrogens is 314 g/mol. The van der Waals surface area contributed by atoms with Crippen molar-refractivity contribution in [1.82, 2.24) is 14.6 Å². The highest BCUT2D eigenvalue weighted by Gasteiger charge is 2.23. The Balaban J connectivity index is 2.01. The minimum absolute atomic E-state index is 0.184. The second-order valence-corrected chi connectivity index (χ2v) is 6.30. The minimum atomic E-state index is -0.184. The topological polar surface area (TPSA) is 33.4 Å². The number of nitrogens with zero attached hydrogens (tertiary/aromatic N) is 4. The van der Waals surface area contributed by atoms with Gasteiger partial charge in [0.15, 0.2) is 36.1 Å². The first-order chi connectivity index (χ1) is 10.2. The van der Waals surface area contributed by atoms with Crippen LogP contribution >= 0.6 is 24.7 Å². The fourth-order valence-electron chi connectivity index (χ4n) is 2.66. The fourth-order valence-corrected chi connectivity index (χ4v) is 3.14. The van der Waals surface area contributed by atoms with Crippen LogP contribution in [0.4, 0.5) is 13.6 Å². The number of halogens is 2. The van der Waals surface area contributed by atoms with Gasteiger partial charge in [-0.3, -0.25) is 0 Å². The Labute approximate surface area is 130 Å². The lowest BCUT2D eigenvalue weighted by atomic mass is 9.84. The van der Waals surface area contributed by atoms with E-state index in [0.717, 1.165) is 35.1 Å². The van der Waals surface area contributed by atoms with Crippen LogP contribution in [-0.4, -0.2) is 14.6 Å². The third kappa shape index (κ3) is 2.87. The SMILES string of the molecule is C=C1CCC(c2cc(N(SF)SF)n3nccc3n2)CC1. The third-order valence-corrected chi connectivity index (χ3v) is 4.75. The van der Waals surface area contributed by atoms with E-state index in [2.05, 4.69) is 16.7 Å². The number of hydrogen-bond donors (Lipinski definition) is 0. The van der Waals surface area contributed by atoms with Gasteiger partial charge in [0.05, 0.1) is 6.20 Å². The summed E-state index contributed by atoms with van der Waals surface area (Å²) in [6.45, 7) is 4.01. The quantitative estimate of drug-likeness (QED) is 0.594. The molecule has 4 nitrogen and oxygen atoms in total. The normalized spacial score (nSPS) is 16.6. The molecule has 0 unspecified atom stereocenters. The molecule has 0 aromatic carbocycles. The van der Waals surface area contributed by atoms with Crippen molar-refractivity contribution in [3.05, 3.63) is 36.2 Å². The number of allylic oxidation sites excluding steroid dienone is 1. The molecule has 1 aliphatic rings. The van der Waals surface area contributed by atoms with Crippen LogP contribution in [0.5, 0.6) is 0 Å². The Hall–Kier alpha value is -1.28. The van der Waals surface area contributed by atoms with Gasteiger partial charge in [-0.1, -0.05) is 12.2 Å². The number of rotatable bonds is 4. The van der Waals surface area contributed by atoms with Crippen molar-refractivity contribution in [3.63, 3.8) is 0 Å². The highest BCUT2D eigenvalue weighted by atomic mass is 32.3. The predicted molar refractivity (Wildman–Crippen MR) is 83.2 cm³/mol. The van der Waals surface area contributed by atoms with Crippen LogP contribution in [0.15, 0.2) is 30.5 Å². The fraction of sp³-hybridized carbons (Fsp3) is 0.385. The molecular formula is C13H14F2N4S2. The second-order valence-electron chi connectivity index (χ2n) is 5.06. The van der Waals surface area contributed by atoms with E-state index in [-0.39, 0.29) is 24.7 Å². The third-order valence-electron chi connectivity index (χ3n) is 3.78. The second kappa shape index (κ2) is 6.23. The Morgan fingerprint density at radius 3 is 2.67 bits per heavy atom. The standard InChI is InChI=1S/C13H14F2N4S2/c1-9-2-4-10(5-3-9)11-8-13(19(20-14)21-15)18-12(17-11)6-7-16-18/h6-8,10H,1-5H2. The number of aromatic nitrogens is 3. The van der Waals surface area contributed by atoms with E-state index in [9.17, 15) is 7.77 Å². The number of anilines is 1. The van der Waals surface area contributed by atoms with E-state index in [1.54, 1.807) is 18.3 Å². The molecule has 2 aromatic rings. The molecule has 0 N–H and O–H groups in total. The lowest BCUT2D eigenvalue weighted by Gasteiger charge is -2.24. The summed E-state index contributed by atoms with van der Waals surface area (Å²) in [5, 5.41) is 4.07. The van der Waals surface area contributed by atoms with Crippen LogP contribution in [-0.2, 0) is 0 Å². The Kier molecular flexibility index (Phi) is 4.34. The first-order valence-electron chi connectivity index (χ1n) is 6.62. The largest absolute Gasteiger partial charge is 0.233 e. The molecule has 0 spiro atoms. The Morgan fingerprint density at radius 2 is 2.00 bits per heavy atom. The number of hydrogen-bond acceptors (Lipinski definition) is 5. The smallest absolute Gasteiger partial charge is 0.179 e. The van der Waals surface area contributed by atoms with Crippen LogP contribution in [0.25, 0.3) is 5.65 Å². The van der Waals surface area contributed by atoms with Crippen LogP contribution in [0.1, 0.15) is 37.3 Å². The van der Waals surface area contributed by atoms with Gasteiger partial charge in [-0.05, 0) is 25.7 Å². The molecule has 1 aliphatic carbocycles. The van der Waals surface area contributed by atoms with Crippen LogP contribution in [0, 0.1) is 0 Å². The van der Waals surface area contributed by atoms with Crippen molar-refractivity contribution in [2.45, 2.75) is 31.6 Å². The summed E-state index contributed by atoms with van der Waals surface area (Å²) in [5.74, 6) is 0.634. The molecule has 0 amide bonds. The van der Waals surface area contributed by atoms with Crippen LogP contribution in [0.3, 0.4) is 0 Å². The van der Waals surface area contributed by atoms with Crippen molar-refractivity contribution in [1.29, 1.82) is 0 Å². The van der Waals surface area contributed by atoms with Gasteiger partial charge in [0.25, 0.3) is 0 Å². The zero-order chi connectivity index (χ0) is 14.8. The van der Waals surface area contributed by atoms with Crippen LogP contribution < -0.4 is 3.71 Å². The molecule has 0 aliphatic heterocycles. The molecule has 2 aromatic heterocycles. The summed E-state index contributed by atoms with van der Waals surface area (Å²) in [6, 6.07) is 3.46. The van der Waals surface area contributed by atoms with Gasteiger partial charge in [-0.25, -0.2) is 4.98 Å². The monoisotopic (exact) mass is 328 g/mol. The van der Waals surface area contributed by atoms with Gasteiger partial charge in [0.2, 0.25) is 0 Å². The first-order valence-corrected chi connectivity index (χ1v) is 7.96. The van der Waals surface area contributed by atoms with E-state index in [0.29, 0.717) is 17.4 Å². The summed E-state index contributed by atoms with van der Waals surface area (Å²) in [5.41, 5.74) is 2.72. The molecule has 0 saturated heterocycles. The van der Waals surface area contributed by atoms with Gasteiger partial charge < -0.3 is 0 Å². The van der Waals surface area contributed by atoms with Crippen molar-refractivity contribution in [2.24, 2.45) is 0 Å².